The fraction of sp³-hybridized carbons (Fsp3) is 0.583. The Morgan fingerprint density at radius 1 is 1.50 bits per heavy atom. The Bertz CT molecular complexity index is 373. The van der Waals surface area contributed by atoms with Gasteiger partial charge in [0.2, 0.25) is 0 Å². The smallest absolute Gasteiger partial charge is 0.148 e. The molecule has 0 amide bonds. The molecule has 0 aromatic carbocycles. The normalized spacial score (nSPS) is 10.2. The number of allylic oxidation sites excluding steroid dienone is 1. The Labute approximate surface area is 97.5 Å². The second kappa shape index (κ2) is 5.58. The molecule has 4 heteroatoms. The van der Waals surface area contributed by atoms with E-state index < -0.39 is 0 Å². The first-order chi connectivity index (χ1) is 7.56. The lowest BCUT2D eigenvalue weighted by molar-refractivity contribution is 0.737. The van der Waals surface area contributed by atoms with E-state index in [-0.39, 0.29) is 0 Å². The van der Waals surface area contributed by atoms with Crippen molar-refractivity contribution in [3.05, 3.63) is 17.3 Å². The number of nitrogens with zero attached hydrogens (tertiary/aromatic N) is 2. The average Bonchev–Trinajstić information content (AvgIpc) is 2.45. The summed E-state index contributed by atoms with van der Waals surface area (Å²) >= 11 is 0. The van der Waals surface area contributed by atoms with Crippen LogP contribution < -0.4 is 11.1 Å². The summed E-state index contributed by atoms with van der Waals surface area (Å²) in [6.07, 6.45) is 4.13. The summed E-state index contributed by atoms with van der Waals surface area (Å²) in [5.74, 6) is 0.918. The van der Waals surface area contributed by atoms with E-state index >= 15 is 0 Å². The number of aromatic nitrogens is 2. The summed E-state index contributed by atoms with van der Waals surface area (Å²) in [5.41, 5.74) is 9.11. The van der Waals surface area contributed by atoms with Crippen molar-refractivity contribution in [2.45, 2.75) is 33.6 Å². The second-order valence-electron chi connectivity index (χ2n) is 4.24. The van der Waals surface area contributed by atoms with E-state index in [1.54, 1.807) is 0 Å². The summed E-state index contributed by atoms with van der Waals surface area (Å²) in [6.45, 7) is 7.08. The Morgan fingerprint density at radius 3 is 2.75 bits per heavy atom. The van der Waals surface area contributed by atoms with Crippen LogP contribution >= 0.6 is 0 Å². The Balaban J connectivity index is 2.76. The quantitative estimate of drug-likeness (QED) is 0.752. The van der Waals surface area contributed by atoms with Crippen molar-refractivity contribution < 1.29 is 0 Å². The molecule has 0 atom stereocenters. The molecule has 0 fully saturated rings. The number of rotatable bonds is 5. The largest absolute Gasteiger partial charge is 0.394 e. The van der Waals surface area contributed by atoms with Gasteiger partial charge in [-0.15, -0.1) is 0 Å². The van der Waals surface area contributed by atoms with Crippen molar-refractivity contribution >= 4 is 11.5 Å². The van der Waals surface area contributed by atoms with Crippen LogP contribution in [0.25, 0.3) is 0 Å². The number of anilines is 2. The average molecular weight is 222 g/mol. The van der Waals surface area contributed by atoms with Crippen LogP contribution in [0.3, 0.4) is 0 Å². The lowest BCUT2D eigenvalue weighted by Crippen LogP contribution is -2.06. The lowest BCUT2D eigenvalue weighted by atomic mass is 10.2. The van der Waals surface area contributed by atoms with Crippen LogP contribution in [-0.2, 0) is 13.5 Å². The van der Waals surface area contributed by atoms with Crippen molar-refractivity contribution in [2.24, 2.45) is 7.05 Å². The Kier molecular flexibility index (Phi) is 4.40. The summed E-state index contributed by atoms with van der Waals surface area (Å²) in [7, 11) is 1.92. The Hall–Kier alpha value is -1.45. The van der Waals surface area contributed by atoms with Crippen molar-refractivity contribution in [1.29, 1.82) is 0 Å². The number of nitrogen functional groups attached to an aromatic ring is 1. The number of hydrogen-bond acceptors (Lipinski definition) is 3. The molecule has 0 aliphatic carbocycles. The molecule has 0 aliphatic heterocycles. The van der Waals surface area contributed by atoms with Gasteiger partial charge in [-0.2, -0.15) is 5.10 Å². The summed E-state index contributed by atoms with van der Waals surface area (Å²) in [4.78, 5) is 0. The molecule has 0 saturated carbocycles. The van der Waals surface area contributed by atoms with Gasteiger partial charge in [0.15, 0.2) is 0 Å². The fourth-order valence-electron chi connectivity index (χ4n) is 1.58. The fourth-order valence-corrected chi connectivity index (χ4v) is 1.58. The molecule has 4 nitrogen and oxygen atoms in total. The highest BCUT2D eigenvalue weighted by atomic mass is 15.3. The van der Waals surface area contributed by atoms with Gasteiger partial charge in [0.1, 0.15) is 5.82 Å². The van der Waals surface area contributed by atoms with Gasteiger partial charge in [0, 0.05) is 13.6 Å². The maximum absolute atomic E-state index is 6.04. The molecule has 0 spiro atoms. The van der Waals surface area contributed by atoms with Crippen molar-refractivity contribution in [2.75, 3.05) is 17.6 Å². The zero-order valence-electron chi connectivity index (χ0n) is 10.7. The van der Waals surface area contributed by atoms with Gasteiger partial charge in [0.05, 0.1) is 11.4 Å². The molecular formula is C12H22N4. The van der Waals surface area contributed by atoms with Gasteiger partial charge in [-0.25, -0.2) is 0 Å². The summed E-state index contributed by atoms with van der Waals surface area (Å²) in [6, 6.07) is 0. The van der Waals surface area contributed by atoms with E-state index in [0.29, 0.717) is 0 Å². The molecule has 0 bridgehead atoms. The molecule has 3 N–H and O–H groups in total. The third-order valence-corrected chi connectivity index (χ3v) is 2.43. The van der Waals surface area contributed by atoms with Crippen LogP contribution in [-0.4, -0.2) is 16.3 Å². The van der Waals surface area contributed by atoms with E-state index in [9.17, 15) is 0 Å². The van der Waals surface area contributed by atoms with E-state index in [0.717, 1.165) is 36.6 Å². The van der Waals surface area contributed by atoms with Crippen molar-refractivity contribution in [3.8, 4) is 0 Å². The van der Waals surface area contributed by atoms with Gasteiger partial charge in [-0.3, -0.25) is 4.68 Å². The number of hydrogen-bond donors (Lipinski definition) is 2. The molecular weight excluding hydrogens is 200 g/mol. The minimum Gasteiger partial charge on any atom is -0.394 e. The minimum atomic E-state index is 0.784. The molecule has 1 aromatic heterocycles. The molecule has 1 rings (SSSR count). The molecule has 0 unspecified atom stereocenters. The molecule has 0 radical (unpaired) electrons. The van der Waals surface area contributed by atoms with Gasteiger partial charge < -0.3 is 11.1 Å². The van der Waals surface area contributed by atoms with Crippen LogP contribution in [0.1, 0.15) is 32.9 Å². The van der Waals surface area contributed by atoms with Crippen molar-refractivity contribution in [1.82, 2.24) is 9.78 Å². The maximum atomic E-state index is 6.04. The second-order valence-corrected chi connectivity index (χ2v) is 4.24. The molecule has 1 heterocycles. The Morgan fingerprint density at radius 2 is 2.19 bits per heavy atom. The van der Waals surface area contributed by atoms with E-state index in [1.165, 1.54) is 5.57 Å². The van der Waals surface area contributed by atoms with Crippen molar-refractivity contribution in [3.63, 3.8) is 0 Å². The van der Waals surface area contributed by atoms with Crippen LogP contribution in [0.2, 0.25) is 0 Å². The summed E-state index contributed by atoms with van der Waals surface area (Å²) in [5, 5.41) is 7.70. The molecule has 1 aromatic rings. The van der Waals surface area contributed by atoms with Crippen LogP contribution in [0, 0.1) is 0 Å². The SMILES string of the molecule is CCCc1nn(C)c(NCC=C(C)C)c1N. The zero-order valence-corrected chi connectivity index (χ0v) is 10.7. The standard InChI is InChI=1S/C12H22N4/c1-5-6-10-11(13)12(16(4)15-10)14-8-7-9(2)3/h7,14H,5-6,8,13H2,1-4H3. The number of nitrogens with two attached hydrogens (primary N) is 1. The van der Waals surface area contributed by atoms with Crippen LogP contribution in [0.4, 0.5) is 11.5 Å². The summed E-state index contributed by atoms with van der Waals surface area (Å²) < 4.78 is 1.82. The minimum absolute atomic E-state index is 0.784. The molecule has 16 heavy (non-hydrogen) atoms. The van der Waals surface area contributed by atoms with E-state index in [4.69, 9.17) is 5.73 Å². The van der Waals surface area contributed by atoms with Gasteiger partial charge in [0.25, 0.3) is 0 Å². The third kappa shape index (κ3) is 3.02. The highest BCUT2D eigenvalue weighted by Crippen LogP contribution is 2.22. The van der Waals surface area contributed by atoms with E-state index in [2.05, 4.69) is 37.3 Å². The van der Waals surface area contributed by atoms with Gasteiger partial charge >= 0.3 is 0 Å². The molecule has 90 valence electrons. The predicted molar refractivity (Wildman–Crippen MR) is 69.5 cm³/mol. The van der Waals surface area contributed by atoms with E-state index in [1.807, 2.05) is 11.7 Å². The first-order valence-corrected chi connectivity index (χ1v) is 5.74. The van der Waals surface area contributed by atoms with Gasteiger partial charge in [-0.05, 0) is 20.3 Å². The predicted octanol–water partition coefficient (Wildman–Crippen LogP) is 2.33. The highest BCUT2D eigenvalue weighted by Gasteiger charge is 2.11. The topological polar surface area (TPSA) is 55.9 Å². The zero-order chi connectivity index (χ0) is 12.1. The maximum Gasteiger partial charge on any atom is 0.148 e. The number of nitrogens with one attached hydrogen (secondary N) is 1. The number of aryl methyl sites for hydroxylation is 2. The third-order valence-electron chi connectivity index (χ3n) is 2.43. The van der Waals surface area contributed by atoms with Crippen LogP contribution in [0.5, 0.6) is 0 Å². The van der Waals surface area contributed by atoms with Gasteiger partial charge in [-0.1, -0.05) is 25.0 Å². The first kappa shape index (κ1) is 12.6. The molecule has 0 saturated heterocycles. The monoisotopic (exact) mass is 222 g/mol. The first-order valence-electron chi connectivity index (χ1n) is 5.74. The highest BCUT2D eigenvalue weighted by molar-refractivity contribution is 5.65. The van der Waals surface area contributed by atoms with Crippen LogP contribution in [0.15, 0.2) is 11.6 Å². The molecule has 0 aliphatic rings. The lowest BCUT2D eigenvalue weighted by Gasteiger charge is -2.05.